The third-order valence-corrected chi connectivity index (χ3v) is 1.15. The van der Waals surface area contributed by atoms with Crippen LogP contribution < -0.4 is 21.3 Å². The topological polar surface area (TPSA) is 132 Å². The highest BCUT2D eigenvalue weighted by molar-refractivity contribution is 5.73. The summed E-state index contributed by atoms with van der Waals surface area (Å²) in [6.07, 6.45) is 0. The van der Waals surface area contributed by atoms with E-state index in [2.05, 4.69) is 21.3 Å². The lowest BCUT2D eigenvalue weighted by Crippen LogP contribution is -2.40. The van der Waals surface area contributed by atoms with Crippen LogP contribution in [0.4, 0.5) is 9.59 Å². The standard InChI is InChI=1S/C6H14N4O5/c11-1-7-5(13)9-3-15-4-10-6(14)8-2-12/h11-12H,1-4H2,(H2,7,9,13)(H2,8,10,14). The van der Waals surface area contributed by atoms with Crippen LogP contribution in [0.15, 0.2) is 0 Å². The van der Waals surface area contributed by atoms with Gasteiger partial charge in [0.2, 0.25) is 0 Å². The predicted octanol–water partition coefficient (Wildman–Crippen LogP) is -2.58. The number of carbonyl (C=O) groups excluding carboxylic acids is 2. The average molecular weight is 222 g/mol. The molecule has 0 radical (unpaired) electrons. The molecule has 0 atom stereocenters. The lowest BCUT2D eigenvalue weighted by molar-refractivity contribution is 0.106. The fourth-order valence-corrected chi connectivity index (χ4v) is 0.553. The minimum Gasteiger partial charge on any atom is -0.376 e. The monoisotopic (exact) mass is 222 g/mol. The number of ether oxygens (including phenoxy) is 1. The zero-order valence-corrected chi connectivity index (χ0v) is 7.95. The second kappa shape index (κ2) is 8.99. The molecule has 0 aliphatic carbocycles. The van der Waals surface area contributed by atoms with Crippen LogP contribution in [0.2, 0.25) is 0 Å². The van der Waals surface area contributed by atoms with Crippen LogP contribution >= 0.6 is 0 Å². The first-order valence-electron chi connectivity index (χ1n) is 4.03. The van der Waals surface area contributed by atoms with Crippen molar-refractivity contribution in [2.24, 2.45) is 0 Å². The molecule has 0 aliphatic heterocycles. The quantitative estimate of drug-likeness (QED) is 0.217. The van der Waals surface area contributed by atoms with Crippen molar-refractivity contribution in [3.8, 4) is 0 Å². The maximum absolute atomic E-state index is 10.6. The summed E-state index contributed by atoms with van der Waals surface area (Å²) in [5.41, 5.74) is 0. The maximum Gasteiger partial charge on any atom is 0.318 e. The molecule has 0 saturated heterocycles. The number of urea groups is 2. The van der Waals surface area contributed by atoms with E-state index in [-0.39, 0.29) is 13.5 Å². The van der Waals surface area contributed by atoms with Gasteiger partial charge in [0.15, 0.2) is 0 Å². The van der Waals surface area contributed by atoms with Crippen LogP contribution in [0.5, 0.6) is 0 Å². The summed E-state index contributed by atoms with van der Waals surface area (Å²) < 4.78 is 4.76. The normalized spacial score (nSPS) is 9.20. The summed E-state index contributed by atoms with van der Waals surface area (Å²) in [6, 6.07) is -1.17. The highest BCUT2D eigenvalue weighted by atomic mass is 16.5. The number of carbonyl (C=O) groups is 2. The number of hydrogen-bond acceptors (Lipinski definition) is 5. The van der Waals surface area contributed by atoms with Crippen LogP contribution in [0.3, 0.4) is 0 Å². The average Bonchev–Trinajstić information content (AvgIpc) is 2.18. The smallest absolute Gasteiger partial charge is 0.318 e. The molecule has 0 bridgehead atoms. The maximum atomic E-state index is 10.6. The first-order valence-corrected chi connectivity index (χ1v) is 4.03. The molecule has 9 heteroatoms. The van der Waals surface area contributed by atoms with E-state index in [0.29, 0.717) is 0 Å². The molecule has 0 rings (SSSR count). The Bertz CT molecular complexity index is 180. The van der Waals surface area contributed by atoms with Crippen LogP contribution in [-0.2, 0) is 4.74 Å². The van der Waals surface area contributed by atoms with E-state index in [9.17, 15) is 9.59 Å². The molecule has 0 fully saturated rings. The van der Waals surface area contributed by atoms with Gasteiger partial charge in [0.05, 0.1) is 0 Å². The Hall–Kier alpha value is -1.58. The number of rotatable bonds is 6. The summed E-state index contributed by atoms with van der Waals surface area (Å²) >= 11 is 0. The van der Waals surface area contributed by atoms with Gasteiger partial charge in [0.1, 0.15) is 26.9 Å². The number of hydrogen-bond donors (Lipinski definition) is 6. The Morgan fingerprint density at radius 3 is 1.60 bits per heavy atom. The molecule has 0 aromatic carbocycles. The van der Waals surface area contributed by atoms with Crippen molar-refractivity contribution in [2.45, 2.75) is 0 Å². The van der Waals surface area contributed by atoms with Crippen molar-refractivity contribution in [3.05, 3.63) is 0 Å². The summed E-state index contributed by atoms with van der Waals surface area (Å²) in [5.74, 6) is 0. The zero-order valence-electron chi connectivity index (χ0n) is 7.95. The SMILES string of the molecule is O=C(NCO)NCOCNC(=O)NCO. The second-order valence-electron chi connectivity index (χ2n) is 2.17. The van der Waals surface area contributed by atoms with Gasteiger partial charge in [-0.15, -0.1) is 0 Å². The van der Waals surface area contributed by atoms with Gasteiger partial charge >= 0.3 is 12.1 Å². The van der Waals surface area contributed by atoms with E-state index in [4.69, 9.17) is 14.9 Å². The van der Waals surface area contributed by atoms with Gasteiger partial charge in [-0.3, -0.25) is 0 Å². The van der Waals surface area contributed by atoms with Gasteiger partial charge in [-0.2, -0.15) is 0 Å². The molecule has 0 spiro atoms. The molecule has 0 saturated carbocycles. The summed E-state index contributed by atoms with van der Waals surface area (Å²) in [4.78, 5) is 21.3. The second-order valence-corrected chi connectivity index (χ2v) is 2.17. The highest BCUT2D eigenvalue weighted by Crippen LogP contribution is 1.69. The summed E-state index contributed by atoms with van der Waals surface area (Å²) in [5, 5.41) is 25.1. The van der Waals surface area contributed by atoms with E-state index >= 15 is 0 Å². The van der Waals surface area contributed by atoms with Crippen molar-refractivity contribution < 1.29 is 24.5 Å². The summed E-state index contributed by atoms with van der Waals surface area (Å²) in [7, 11) is 0. The van der Waals surface area contributed by atoms with E-state index in [1.807, 2.05) is 0 Å². The Kier molecular flexibility index (Phi) is 8.05. The molecule has 9 nitrogen and oxygen atoms in total. The van der Waals surface area contributed by atoms with Crippen LogP contribution in [0, 0.1) is 0 Å². The molecule has 0 aromatic heterocycles. The first-order chi connectivity index (χ1) is 7.20. The number of nitrogens with one attached hydrogen (secondary N) is 4. The highest BCUT2D eigenvalue weighted by Gasteiger charge is 1.98. The molecular weight excluding hydrogens is 208 g/mol. The van der Waals surface area contributed by atoms with Crippen molar-refractivity contribution in [1.29, 1.82) is 0 Å². The Balaban J connectivity index is 3.24. The molecule has 0 aliphatic rings. The molecule has 6 N–H and O–H groups in total. The Morgan fingerprint density at radius 1 is 0.867 bits per heavy atom. The third kappa shape index (κ3) is 8.74. The van der Waals surface area contributed by atoms with Crippen molar-refractivity contribution in [2.75, 3.05) is 26.9 Å². The van der Waals surface area contributed by atoms with Gasteiger partial charge in [-0.25, -0.2) is 9.59 Å². The van der Waals surface area contributed by atoms with Crippen molar-refractivity contribution >= 4 is 12.1 Å². The van der Waals surface area contributed by atoms with Gasteiger partial charge in [0, 0.05) is 0 Å². The minimum absolute atomic E-state index is 0.120. The van der Waals surface area contributed by atoms with E-state index in [1.165, 1.54) is 0 Å². The molecule has 0 heterocycles. The van der Waals surface area contributed by atoms with Crippen LogP contribution in [-0.4, -0.2) is 49.2 Å². The molecule has 0 unspecified atom stereocenters. The largest absolute Gasteiger partial charge is 0.376 e. The fourth-order valence-electron chi connectivity index (χ4n) is 0.553. The summed E-state index contributed by atoms with van der Waals surface area (Å²) in [6.45, 7) is -1.18. The van der Waals surface area contributed by atoms with E-state index in [0.717, 1.165) is 0 Å². The number of aliphatic hydroxyl groups is 2. The van der Waals surface area contributed by atoms with Gasteiger partial charge in [-0.1, -0.05) is 0 Å². The van der Waals surface area contributed by atoms with Crippen LogP contribution in [0.1, 0.15) is 0 Å². The first kappa shape index (κ1) is 13.4. The fraction of sp³-hybridized carbons (Fsp3) is 0.667. The molecule has 0 aromatic rings. The predicted molar refractivity (Wildman–Crippen MR) is 48.3 cm³/mol. The van der Waals surface area contributed by atoms with Gasteiger partial charge in [0.25, 0.3) is 0 Å². The lowest BCUT2D eigenvalue weighted by Gasteiger charge is -2.08. The van der Waals surface area contributed by atoms with Crippen molar-refractivity contribution in [3.63, 3.8) is 0 Å². The van der Waals surface area contributed by atoms with E-state index < -0.39 is 25.5 Å². The molecule has 88 valence electrons. The van der Waals surface area contributed by atoms with Gasteiger partial charge in [-0.05, 0) is 0 Å². The zero-order chi connectivity index (χ0) is 11.5. The molecular formula is C6H14N4O5. The van der Waals surface area contributed by atoms with Gasteiger partial charge < -0.3 is 36.2 Å². The Labute approximate surface area is 85.8 Å². The Morgan fingerprint density at radius 2 is 1.27 bits per heavy atom. The lowest BCUT2D eigenvalue weighted by atomic mass is 10.9. The molecule has 4 amide bonds. The number of aliphatic hydroxyl groups excluding tert-OH is 2. The molecule has 15 heavy (non-hydrogen) atoms. The number of amides is 4. The van der Waals surface area contributed by atoms with Crippen molar-refractivity contribution in [1.82, 2.24) is 21.3 Å². The van der Waals surface area contributed by atoms with E-state index in [1.54, 1.807) is 0 Å². The van der Waals surface area contributed by atoms with Crippen LogP contribution in [0.25, 0.3) is 0 Å². The third-order valence-electron chi connectivity index (χ3n) is 1.15. The minimum atomic E-state index is -0.586.